The lowest BCUT2D eigenvalue weighted by molar-refractivity contribution is -0.384. The Morgan fingerprint density at radius 2 is 1.83 bits per heavy atom. The van der Waals surface area contributed by atoms with Crippen LogP contribution in [0.3, 0.4) is 0 Å². The predicted molar refractivity (Wildman–Crippen MR) is 134 cm³/mol. The maximum Gasteiger partial charge on any atom is 0.294 e. The Morgan fingerprint density at radius 1 is 1.14 bits per heavy atom. The molecule has 3 aromatic rings. The average Bonchev–Trinajstić information content (AvgIpc) is 2.85. The Kier molecular flexibility index (Phi) is 7.36. The van der Waals surface area contributed by atoms with Gasteiger partial charge in [-0.3, -0.25) is 24.6 Å². The van der Waals surface area contributed by atoms with Crippen molar-refractivity contribution in [2.24, 2.45) is 0 Å². The van der Waals surface area contributed by atoms with Crippen molar-refractivity contribution in [3.05, 3.63) is 91.9 Å². The highest BCUT2D eigenvalue weighted by molar-refractivity contribution is 6.03. The number of para-hydroxylation sites is 3. The lowest BCUT2D eigenvalue weighted by atomic mass is 9.94. The van der Waals surface area contributed by atoms with Gasteiger partial charge in [-0.15, -0.1) is 0 Å². The molecule has 1 heterocycles. The minimum absolute atomic E-state index is 0.172. The largest absolute Gasteiger partial charge is 0.320 e. The van der Waals surface area contributed by atoms with E-state index in [0.29, 0.717) is 24.0 Å². The van der Waals surface area contributed by atoms with E-state index in [1.165, 1.54) is 55.0 Å². The van der Waals surface area contributed by atoms with Crippen LogP contribution in [0.5, 0.6) is 0 Å². The topological polar surface area (TPSA) is 110 Å². The van der Waals surface area contributed by atoms with Gasteiger partial charge in [0.2, 0.25) is 5.43 Å². The fourth-order valence-electron chi connectivity index (χ4n) is 4.63. The molecule has 1 aliphatic rings. The molecule has 1 aromatic heterocycles. The molecule has 182 valence electrons. The lowest BCUT2D eigenvalue weighted by Gasteiger charge is -2.31. The van der Waals surface area contributed by atoms with Crippen LogP contribution in [0.15, 0.2) is 59.4 Å². The molecule has 0 spiro atoms. The van der Waals surface area contributed by atoms with Crippen LogP contribution in [0.25, 0.3) is 5.69 Å². The van der Waals surface area contributed by atoms with Crippen molar-refractivity contribution in [3.63, 3.8) is 0 Å². The number of aromatic nitrogens is 2. The maximum absolute atomic E-state index is 13.2. The number of nitro groups is 1. The van der Waals surface area contributed by atoms with Crippen molar-refractivity contribution in [2.75, 3.05) is 12.4 Å². The molecule has 0 atom stereocenters. The van der Waals surface area contributed by atoms with Gasteiger partial charge in [-0.25, -0.2) is 4.68 Å². The van der Waals surface area contributed by atoms with Crippen molar-refractivity contribution in [1.29, 1.82) is 0 Å². The number of amides is 1. The van der Waals surface area contributed by atoms with Gasteiger partial charge in [0.1, 0.15) is 5.69 Å². The molecule has 1 saturated carbocycles. The molecule has 0 aliphatic heterocycles. The van der Waals surface area contributed by atoms with Gasteiger partial charge in [0, 0.05) is 36.1 Å². The van der Waals surface area contributed by atoms with Crippen molar-refractivity contribution in [1.82, 2.24) is 14.7 Å². The van der Waals surface area contributed by atoms with E-state index in [1.54, 1.807) is 25.1 Å². The number of benzene rings is 2. The van der Waals surface area contributed by atoms with Crippen LogP contribution < -0.4 is 10.7 Å². The third kappa shape index (κ3) is 5.46. The summed E-state index contributed by atoms with van der Waals surface area (Å²) in [7, 11) is 2.10. The summed E-state index contributed by atoms with van der Waals surface area (Å²) in [6.07, 6.45) is 6.09. The third-order valence-electron chi connectivity index (χ3n) is 6.51. The number of carbonyl (C=O) groups is 1. The summed E-state index contributed by atoms with van der Waals surface area (Å²) in [5.41, 5.74) is 1.07. The second-order valence-electron chi connectivity index (χ2n) is 8.97. The molecule has 0 saturated heterocycles. The van der Waals surface area contributed by atoms with Crippen LogP contribution in [0.1, 0.15) is 53.8 Å². The molecule has 35 heavy (non-hydrogen) atoms. The molecule has 1 fully saturated rings. The van der Waals surface area contributed by atoms with E-state index in [4.69, 9.17) is 0 Å². The van der Waals surface area contributed by atoms with E-state index >= 15 is 0 Å². The molecule has 4 rings (SSSR count). The summed E-state index contributed by atoms with van der Waals surface area (Å²) < 4.78 is 1.26. The minimum atomic E-state index is -0.657. The number of nitro benzene ring substituents is 1. The van der Waals surface area contributed by atoms with Crippen molar-refractivity contribution in [3.8, 4) is 5.69 Å². The smallest absolute Gasteiger partial charge is 0.294 e. The quantitative estimate of drug-likeness (QED) is 0.399. The van der Waals surface area contributed by atoms with Crippen LogP contribution in [-0.4, -0.2) is 38.6 Å². The Balaban J connectivity index is 1.61. The zero-order valence-corrected chi connectivity index (χ0v) is 19.9. The molecule has 2 aromatic carbocycles. The van der Waals surface area contributed by atoms with E-state index in [1.807, 2.05) is 18.2 Å². The van der Waals surface area contributed by atoms with Gasteiger partial charge >= 0.3 is 0 Å². The van der Waals surface area contributed by atoms with Crippen LogP contribution in [0.4, 0.5) is 11.4 Å². The summed E-state index contributed by atoms with van der Waals surface area (Å²) in [6, 6.07) is 15.4. The van der Waals surface area contributed by atoms with Gasteiger partial charge in [0.25, 0.3) is 11.6 Å². The van der Waals surface area contributed by atoms with Crippen molar-refractivity contribution >= 4 is 17.3 Å². The number of carbonyl (C=O) groups excluding carboxylic acids is 1. The van der Waals surface area contributed by atoms with E-state index in [0.717, 1.165) is 5.56 Å². The highest BCUT2D eigenvalue weighted by Gasteiger charge is 2.22. The van der Waals surface area contributed by atoms with Gasteiger partial charge < -0.3 is 5.32 Å². The monoisotopic (exact) mass is 475 g/mol. The number of rotatable bonds is 7. The molecule has 0 radical (unpaired) electrons. The Hall–Kier alpha value is -3.85. The summed E-state index contributed by atoms with van der Waals surface area (Å²) in [6.45, 7) is 2.28. The molecule has 1 N–H and O–H groups in total. The van der Waals surface area contributed by atoms with Crippen molar-refractivity contribution < 1.29 is 9.72 Å². The normalized spacial score (nSPS) is 14.1. The molecule has 9 heteroatoms. The molecule has 9 nitrogen and oxygen atoms in total. The van der Waals surface area contributed by atoms with Crippen molar-refractivity contribution in [2.45, 2.75) is 51.6 Å². The fourth-order valence-corrected chi connectivity index (χ4v) is 4.63. The first-order valence-corrected chi connectivity index (χ1v) is 11.8. The molecular weight excluding hydrogens is 446 g/mol. The number of nitrogens with one attached hydrogen (secondary N) is 1. The van der Waals surface area contributed by atoms with Gasteiger partial charge in [-0.05, 0) is 44.5 Å². The zero-order chi connectivity index (χ0) is 24.9. The summed E-state index contributed by atoms with van der Waals surface area (Å²) in [5.74, 6) is -0.657. The Bertz CT molecular complexity index is 1300. The molecule has 1 aliphatic carbocycles. The molecular formula is C26H29N5O4. The van der Waals surface area contributed by atoms with E-state index in [9.17, 15) is 19.7 Å². The molecule has 0 unspecified atom stereocenters. The van der Waals surface area contributed by atoms with E-state index in [-0.39, 0.29) is 17.1 Å². The van der Waals surface area contributed by atoms with Crippen LogP contribution in [0.2, 0.25) is 0 Å². The highest BCUT2D eigenvalue weighted by atomic mass is 16.6. The second-order valence-corrected chi connectivity index (χ2v) is 8.97. The van der Waals surface area contributed by atoms with Crippen LogP contribution >= 0.6 is 0 Å². The Morgan fingerprint density at radius 3 is 2.57 bits per heavy atom. The first kappa shape index (κ1) is 24.3. The first-order chi connectivity index (χ1) is 16.8. The minimum Gasteiger partial charge on any atom is -0.320 e. The zero-order valence-electron chi connectivity index (χ0n) is 19.9. The lowest BCUT2D eigenvalue weighted by Crippen LogP contribution is -2.33. The number of aryl methyl sites for hydroxylation is 1. The third-order valence-corrected chi connectivity index (χ3v) is 6.51. The van der Waals surface area contributed by atoms with E-state index < -0.39 is 16.3 Å². The Labute approximate surface area is 203 Å². The summed E-state index contributed by atoms with van der Waals surface area (Å²) in [4.78, 5) is 39.1. The van der Waals surface area contributed by atoms with Gasteiger partial charge in [-0.1, -0.05) is 49.6 Å². The number of anilines is 1. The maximum atomic E-state index is 13.2. The number of nitrogens with zero attached hydrogens (tertiary/aromatic N) is 4. The SMILES string of the molecule is Cc1cc(=O)c(C(=O)Nc2ccccc2CN(C)C2CCCCC2)nn1-c1ccccc1[N+](=O)[O-]. The van der Waals surface area contributed by atoms with E-state index in [2.05, 4.69) is 22.4 Å². The molecule has 1 amide bonds. The average molecular weight is 476 g/mol. The number of hydrogen-bond donors (Lipinski definition) is 1. The van der Waals surface area contributed by atoms with Gasteiger partial charge in [0.05, 0.1) is 4.92 Å². The summed E-state index contributed by atoms with van der Waals surface area (Å²) in [5, 5.41) is 18.6. The van der Waals surface area contributed by atoms with Crippen LogP contribution in [0, 0.1) is 17.0 Å². The van der Waals surface area contributed by atoms with Crippen LogP contribution in [-0.2, 0) is 6.54 Å². The molecule has 0 bridgehead atoms. The highest BCUT2D eigenvalue weighted by Crippen LogP contribution is 2.25. The van der Waals surface area contributed by atoms with Gasteiger partial charge in [-0.2, -0.15) is 5.10 Å². The fraction of sp³-hybridized carbons (Fsp3) is 0.346. The van der Waals surface area contributed by atoms with Gasteiger partial charge in [0.15, 0.2) is 5.69 Å². The standard InChI is InChI=1S/C26H29N5O4/c1-18-16-24(32)25(28-30(18)22-14-8-9-15-23(22)31(34)35)26(33)27-21-13-7-6-10-19(21)17-29(2)20-11-4-3-5-12-20/h6-10,13-16,20H,3-5,11-12,17H2,1-2H3,(H,27,33). The predicted octanol–water partition coefficient (Wildman–Crippen LogP) is 4.47. The first-order valence-electron chi connectivity index (χ1n) is 11.8. The second kappa shape index (κ2) is 10.6. The summed E-state index contributed by atoms with van der Waals surface area (Å²) >= 11 is 0. The number of hydrogen-bond acceptors (Lipinski definition) is 6.